The van der Waals surface area contributed by atoms with Crippen molar-refractivity contribution in [2.45, 2.75) is 0 Å². The summed E-state index contributed by atoms with van der Waals surface area (Å²) in [6.45, 7) is 0. The van der Waals surface area contributed by atoms with E-state index in [1.54, 1.807) is 30.3 Å². The molecule has 2 aromatic rings. The largest absolute Gasteiger partial charge is 0.497 e. The molecule has 0 saturated carbocycles. The van der Waals surface area contributed by atoms with Crippen LogP contribution < -0.4 is 19.9 Å². The zero-order valence-corrected chi connectivity index (χ0v) is 15.4. The second-order valence-corrected chi connectivity index (χ2v) is 6.16. The van der Waals surface area contributed by atoms with Crippen LogP contribution in [0.15, 0.2) is 42.0 Å². The number of halogens is 2. The summed E-state index contributed by atoms with van der Waals surface area (Å²) in [4.78, 5) is 25.0. The Morgan fingerprint density at radius 1 is 1.00 bits per heavy atom. The number of anilines is 1. The lowest BCUT2D eigenvalue weighted by molar-refractivity contribution is -0.117. The van der Waals surface area contributed by atoms with Gasteiger partial charge in [-0.1, -0.05) is 23.2 Å². The van der Waals surface area contributed by atoms with E-state index >= 15 is 0 Å². The predicted octanol–water partition coefficient (Wildman–Crippen LogP) is 3.47. The van der Waals surface area contributed by atoms with Crippen molar-refractivity contribution >= 4 is 46.8 Å². The van der Waals surface area contributed by atoms with Gasteiger partial charge in [0.05, 0.1) is 30.0 Å². The van der Waals surface area contributed by atoms with Gasteiger partial charge in [0, 0.05) is 5.56 Å². The first-order valence-electron chi connectivity index (χ1n) is 7.49. The molecule has 0 spiro atoms. The number of nitrogens with one attached hydrogen (secondary N) is 1. The molecule has 8 heteroatoms. The number of carbonyl (C=O) groups excluding carboxylic acids is 2. The van der Waals surface area contributed by atoms with Gasteiger partial charge >= 0.3 is 0 Å². The molecule has 0 atom stereocenters. The molecular weight excluding hydrogens is 379 g/mol. The van der Waals surface area contributed by atoms with Crippen LogP contribution in [0.2, 0.25) is 10.0 Å². The van der Waals surface area contributed by atoms with Gasteiger partial charge in [0.1, 0.15) is 17.1 Å². The fourth-order valence-corrected chi connectivity index (χ4v) is 2.76. The zero-order valence-electron chi connectivity index (χ0n) is 13.9. The molecule has 2 amide bonds. The van der Waals surface area contributed by atoms with Crippen LogP contribution in [0.5, 0.6) is 11.5 Å². The van der Waals surface area contributed by atoms with Crippen LogP contribution >= 0.6 is 23.2 Å². The normalized spacial score (nSPS) is 15.4. The topological polar surface area (TPSA) is 67.9 Å². The van der Waals surface area contributed by atoms with Gasteiger partial charge in [0.2, 0.25) is 0 Å². The second kappa shape index (κ2) is 7.27. The second-order valence-electron chi connectivity index (χ2n) is 5.35. The van der Waals surface area contributed by atoms with Crippen LogP contribution in [-0.4, -0.2) is 26.0 Å². The lowest BCUT2D eigenvalue weighted by atomic mass is 10.1. The molecule has 1 N–H and O–H groups in total. The molecule has 0 aliphatic carbocycles. The molecule has 1 saturated heterocycles. The van der Waals surface area contributed by atoms with Gasteiger partial charge < -0.3 is 9.47 Å². The summed E-state index contributed by atoms with van der Waals surface area (Å²) in [6, 6.07) is 9.72. The molecule has 134 valence electrons. The summed E-state index contributed by atoms with van der Waals surface area (Å²) in [5.74, 6) is 0.0286. The molecule has 1 fully saturated rings. The Labute approximate surface area is 159 Å². The van der Waals surface area contributed by atoms with E-state index in [9.17, 15) is 9.59 Å². The third-order valence-corrected chi connectivity index (χ3v) is 4.53. The van der Waals surface area contributed by atoms with Crippen LogP contribution in [0, 0.1) is 0 Å². The Balaban J connectivity index is 1.99. The lowest BCUT2D eigenvalue weighted by Gasteiger charge is -2.15. The zero-order chi connectivity index (χ0) is 18.8. The summed E-state index contributed by atoms with van der Waals surface area (Å²) in [6.07, 6.45) is 1.45. The minimum absolute atomic E-state index is 0.0392. The lowest BCUT2D eigenvalue weighted by Crippen LogP contribution is -2.35. The van der Waals surface area contributed by atoms with Gasteiger partial charge in [-0.2, -0.15) is 0 Å². The fraction of sp³-hybridized carbons (Fsp3) is 0.111. The minimum Gasteiger partial charge on any atom is -0.497 e. The average molecular weight is 393 g/mol. The highest BCUT2D eigenvalue weighted by Crippen LogP contribution is 2.31. The van der Waals surface area contributed by atoms with E-state index in [0.29, 0.717) is 27.8 Å². The monoisotopic (exact) mass is 392 g/mol. The summed E-state index contributed by atoms with van der Waals surface area (Å²) < 4.78 is 10.5. The van der Waals surface area contributed by atoms with Crippen molar-refractivity contribution in [2.75, 3.05) is 19.2 Å². The van der Waals surface area contributed by atoms with Crippen molar-refractivity contribution in [1.82, 2.24) is 5.43 Å². The fourth-order valence-electron chi connectivity index (χ4n) is 2.47. The van der Waals surface area contributed by atoms with E-state index in [2.05, 4.69) is 5.43 Å². The standard InChI is InChI=1S/C18H14Cl2N2O4/c1-25-12-4-6-16(26-2)10(7-12)8-13-17(23)21-22(18(13)24)11-3-5-14(19)15(20)9-11/h3-9H,1-2H3,(H,21,23)/b13-8-. The summed E-state index contributed by atoms with van der Waals surface area (Å²) >= 11 is 11.9. The van der Waals surface area contributed by atoms with E-state index in [1.165, 1.54) is 26.4 Å². The highest BCUT2D eigenvalue weighted by Gasteiger charge is 2.34. The molecule has 6 nitrogen and oxygen atoms in total. The molecule has 0 aromatic heterocycles. The molecule has 0 unspecified atom stereocenters. The van der Waals surface area contributed by atoms with Gasteiger partial charge in [-0.3, -0.25) is 15.0 Å². The van der Waals surface area contributed by atoms with Crippen LogP contribution in [-0.2, 0) is 9.59 Å². The molecule has 1 aliphatic rings. The van der Waals surface area contributed by atoms with Crippen LogP contribution in [0.3, 0.4) is 0 Å². The summed E-state index contributed by atoms with van der Waals surface area (Å²) in [5.41, 5.74) is 3.41. The molecule has 1 aliphatic heterocycles. The van der Waals surface area contributed by atoms with Crippen LogP contribution in [0.1, 0.15) is 5.56 Å². The molecule has 1 heterocycles. The number of amides is 2. The van der Waals surface area contributed by atoms with Gasteiger partial charge in [0.25, 0.3) is 11.8 Å². The molecule has 0 radical (unpaired) electrons. The van der Waals surface area contributed by atoms with E-state index in [0.717, 1.165) is 5.01 Å². The van der Waals surface area contributed by atoms with Gasteiger partial charge in [-0.15, -0.1) is 0 Å². The first-order valence-corrected chi connectivity index (χ1v) is 8.24. The van der Waals surface area contributed by atoms with E-state index < -0.39 is 11.8 Å². The predicted molar refractivity (Wildman–Crippen MR) is 99.6 cm³/mol. The van der Waals surface area contributed by atoms with Crippen molar-refractivity contribution in [3.63, 3.8) is 0 Å². The highest BCUT2D eigenvalue weighted by molar-refractivity contribution is 6.42. The Morgan fingerprint density at radius 3 is 2.42 bits per heavy atom. The number of carbonyl (C=O) groups is 2. The molecule has 3 rings (SSSR count). The molecule has 2 aromatic carbocycles. The number of nitrogens with zero attached hydrogens (tertiary/aromatic N) is 1. The minimum atomic E-state index is -0.536. The Morgan fingerprint density at radius 2 is 1.77 bits per heavy atom. The van der Waals surface area contributed by atoms with E-state index in [-0.39, 0.29) is 10.6 Å². The number of benzene rings is 2. The Bertz CT molecular complexity index is 927. The van der Waals surface area contributed by atoms with Crippen molar-refractivity contribution in [2.24, 2.45) is 0 Å². The van der Waals surface area contributed by atoms with Crippen molar-refractivity contribution in [3.8, 4) is 11.5 Å². The number of rotatable bonds is 4. The summed E-state index contributed by atoms with van der Waals surface area (Å²) in [5, 5.41) is 1.74. The third-order valence-electron chi connectivity index (χ3n) is 3.79. The van der Waals surface area contributed by atoms with Crippen LogP contribution in [0.4, 0.5) is 5.69 Å². The number of methoxy groups -OCH3 is 2. The van der Waals surface area contributed by atoms with Gasteiger partial charge in [-0.05, 0) is 42.5 Å². The first kappa shape index (κ1) is 18.1. The molecular formula is C18H14Cl2N2O4. The quantitative estimate of drug-likeness (QED) is 0.638. The number of hydrogen-bond acceptors (Lipinski definition) is 4. The van der Waals surface area contributed by atoms with Crippen LogP contribution in [0.25, 0.3) is 6.08 Å². The third kappa shape index (κ3) is 3.34. The van der Waals surface area contributed by atoms with Crippen molar-refractivity contribution < 1.29 is 19.1 Å². The van der Waals surface area contributed by atoms with E-state index in [1.807, 2.05) is 0 Å². The maximum atomic E-state index is 12.7. The smallest absolute Gasteiger partial charge is 0.282 e. The Kier molecular flexibility index (Phi) is 5.06. The molecule has 26 heavy (non-hydrogen) atoms. The number of ether oxygens (including phenoxy) is 2. The molecule has 0 bridgehead atoms. The number of hydrazine groups is 1. The highest BCUT2D eigenvalue weighted by atomic mass is 35.5. The Hall–Kier alpha value is -2.70. The van der Waals surface area contributed by atoms with Crippen molar-refractivity contribution in [3.05, 3.63) is 57.6 Å². The first-order chi connectivity index (χ1) is 12.4. The van der Waals surface area contributed by atoms with E-state index in [4.69, 9.17) is 32.7 Å². The maximum absolute atomic E-state index is 12.7. The van der Waals surface area contributed by atoms with Gasteiger partial charge in [-0.25, -0.2) is 5.01 Å². The maximum Gasteiger partial charge on any atom is 0.282 e. The summed E-state index contributed by atoms with van der Waals surface area (Å²) in [7, 11) is 3.03. The SMILES string of the molecule is COc1ccc(OC)c(/C=C2/C(=O)NN(c3ccc(Cl)c(Cl)c3)C2=O)c1. The van der Waals surface area contributed by atoms with Gasteiger partial charge in [0.15, 0.2) is 0 Å². The van der Waals surface area contributed by atoms with Crippen molar-refractivity contribution in [1.29, 1.82) is 0 Å². The average Bonchev–Trinajstić information content (AvgIpc) is 2.92. The number of hydrogen-bond donors (Lipinski definition) is 1.